The molecule has 108 valence electrons. The van der Waals surface area contributed by atoms with Gasteiger partial charge in [0.15, 0.2) is 0 Å². The zero-order valence-corrected chi connectivity index (χ0v) is 11.4. The van der Waals surface area contributed by atoms with Gasteiger partial charge in [0, 0.05) is 0 Å². The van der Waals surface area contributed by atoms with Gasteiger partial charge in [-0.3, -0.25) is 14.8 Å². The molecule has 0 unspecified atom stereocenters. The van der Waals surface area contributed by atoms with Crippen LogP contribution in [0, 0.1) is 0 Å². The molecular formula is C13H16N2O5. The zero-order chi connectivity index (χ0) is 14.9. The van der Waals surface area contributed by atoms with Gasteiger partial charge in [-0.1, -0.05) is 6.07 Å². The topological polar surface area (TPSA) is 88.1 Å². The Morgan fingerprint density at radius 1 is 1.30 bits per heavy atom. The van der Waals surface area contributed by atoms with Crippen molar-refractivity contribution in [2.45, 2.75) is 19.0 Å². The Morgan fingerprint density at radius 3 is 2.30 bits per heavy atom. The van der Waals surface area contributed by atoms with Crippen molar-refractivity contribution in [3.8, 4) is 11.5 Å². The minimum absolute atomic E-state index is 0.217. The van der Waals surface area contributed by atoms with Crippen molar-refractivity contribution in [1.82, 2.24) is 10.4 Å². The molecule has 2 N–H and O–H groups in total. The summed E-state index contributed by atoms with van der Waals surface area (Å²) in [6.45, 7) is 1.63. The molecule has 0 spiro atoms. The molecule has 1 aliphatic rings. The summed E-state index contributed by atoms with van der Waals surface area (Å²) in [5.41, 5.74) is 0.217. The Hall–Kier alpha value is -2.28. The van der Waals surface area contributed by atoms with Crippen LogP contribution in [0.3, 0.4) is 0 Å². The predicted octanol–water partition coefficient (Wildman–Crippen LogP) is 0.422. The largest absolute Gasteiger partial charge is 0.496 e. The van der Waals surface area contributed by atoms with Crippen molar-refractivity contribution in [3.63, 3.8) is 0 Å². The van der Waals surface area contributed by atoms with E-state index in [1.54, 1.807) is 25.1 Å². The average Bonchev–Trinajstić information content (AvgIpc) is 2.50. The summed E-state index contributed by atoms with van der Waals surface area (Å²) in [5.74, 6) is -0.332. The quantitative estimate of drug-likeness (QED) is 0.616. The van der Waals surface area contributed by atoms with Crippen molar-refractivity contribution >= 4 is 11.8 Å². The summed E-state index contributed by atoms with van der Waals surface area (Å²) in [6, 6.07) is 3.74. The predicted molar refractivity (Wildman–Crippen MR) is 68.9 cm³/mol. The van der Waals surface area contributed by atoms with Crippen LogP contribution >= 0.6 is 0 Å². The normalized spacial score (nSPS) is 21.2. The summed E-state index contributed by atoms with van der Waals surface area (Å²) in [4.78, 5) is 23.7. The molecule has 1 fully saturated rings. The highest BCUT2D eigenvalue weighted by Crippen LogP contribution is 2.28. The first-order valence-electron chi connectivity index (χ1n) is 6.05. The van der Waals surface area contributed by atoms with E-state index in [4.69, 9.17) is 9.47 Å². The fourth-order valence-corrected chi connectivity index (χ4v) is 2.08. The van der Waals surface area contributed by atoms with Gasteiger partial charge in [-0.2, -0.15) is 0 Å². The van der Waals surface area contributed by atoms with Crippen LogP contribution in [0.15, 0.2) is 18.2 Å². The summed E-state index contributed by atoms with van der Waals surface area (Å²) in [5, 5.41) is 12.4. The fraction of sp³-hybridized carbons (Fsp3) is 0.385. The van der Waals surface area contributed by atoms with Gasteiger partial charge in [-0.05, 0) is 19.1 Å². The first kappa shape index (κ1) is 14.1. The van der Waals surface area contributed by atoms with Crippen LogP contribution in [-0.2, 0) is 4.79 Å². The van der Waals surface area contributed by atoms with Crippen LogP contribution < -0.4 is 14.8 Å². The Bertz CT molecular complexity index is 523. The number of carbonyl (C=O) groups excluding carboxylic acids is 2. The third kappa shape index (κ3) is 2.16. The van der Waals surface area contributed by atoms with Crippen molar-refractivity contribution in [3.05, 3.63) is 23.8 Å². The lowest BCUT2D eigenvalue weighted by Crippen LogP contribution is -2.68. The summed E-state index contributed by atoms with van der Waals surface area (Å²) in [7, 11) is 2.89. The number of hydroxylamine groups is 2. The number of β-lactam (4-membered cyclic amide) rings is 1. The summed E-state index contributed by atoms with van der Waals surface area (Å²) in [6.07, 6.45) is 0. The first-order valence-corrected chi connectivity index (χ1v) is 6.05. The van der Waals surface area contributed by atoms with Gasteiger partial charge in [0.2, 0.25) is 0 Å². The number of ether oxygens (including phenoxy) is 2. The molecule has 7 nitrogen and oxygen atoms in total. The van der Waals surface area contributed by atoms with E-state index in [1.165, 1.54) is 14.2 Å². The van der Waals surface area contributed by atoms with Crippen molar-refractivity contribution in [2.75, 3.05) is 14.2 Å². The lowest BCUT2D eigenvalue weighted by molar-refractivity contribution is -0.206. The molecule has 1 saturated heterocycles. The minimum atomic E-state index is -0.748. The number of carbonyl (C=O) groups is 2. The molecule has 0 aromatic heterocycles. The van der Waals surface area contributed by atoms with E-state index >= 15 is 0 Å². The van der Waals surface area contributed by atoms with Gasteiger partial charge < -0.3 is 14.8 Å². The molecule has 20 heavy (non-hydrogen) atoms. The van der Waals surface area contributed by atoms with Gasteiger partial charge in [0.05, 0.1) is 20.3 Å². The van der Waals surface area contributed by atoms with E-state index in [9.17, 15) is 14.8 Å². The van der Waals surface area contributed by atoms with E-state index in [0.717, 1.165) is 0 Å². The molecule has 0 aliphatic carbocycles. The molecular weight excluding hydrogens is 264 g/mol. The van der Waals surface area contributed by atoms with Crippen molar-refractivity contribution in [1.29, 1.82) is 0 Å². The summed E-state index contributed by atoms with van der Waals surface area (Å²) >= 11 is 0. The van der Waals surface area contributed by atoms with Crippen LogP contribution in [0.25, 0.3) is 0 Å². The third-order valence-electron chi connectivity index (χ3n) is 3.30. The zero-order valence-electron chi connectivity index (χ0n) is 11.4. The standard InChI is InChI=1S/C13H16N2O5/c1-7-11(13(17)15(7)18)14-12(16)10-8(19-2)5-4-6-9(10)20-3/h4-7,11,18H,1-3H3,(H,14,16)/t7-,11-/m0/s1. The number of methoxy groups -OCH3 is 2. The minimum Gasteiger partial charge on any atom is -0.496 e. The first-order chi connectivity index (χ1) is 9.51. The van der Waals surface area contributed by atoms with E-state index < -0.39 is 23.9 Å². The van der Waals surface area contributed by atoms with Gasteiger partial charge in [-0.15, -0.1) is 0 Å². The van der Waals surface area contributed by atoms with Crippen LogP contribution in [0.1, 0.15) is 17.3 Å². The molecule has 2 rings (SSSR count). The molecule has 1 aromatic rings. The van der Waals surface area contributed by atoms with Crippen LogP contribution in [-0.4, -0.2) is 48.4 Å². The molecule has 0 radical (unpaired) electrons. The Morgan fingerprint density at radius 2 is 1.85 bits per heavy atom. The van der Waals surface area contributed by atoms with Crippen LogP contribution in [0.4, 0.5) is 0 Å². The number of hydrogen-bond donors (Lipinski definition) is 2. The highest BCUT2D eigenvalue weighted by atomic mass is 16.5. The number of nitrogens with zero attached hydrogens (tertiary/aromatic N) is 1. The van der Waals surface area contributed by atoms with Gasteiger partial charge >= 0.3 is 0 Å². The second-order valence-corrected chi connectivity index (χ2v) is 4.41. The average molecular weight is 280 g/mol. The van der Waals surface area contributed by atoms with Gasteiger partial charge in [0.25, 0.3) is 11.8 Å². The molecule has 2 atom stereocenters. The SMILES string of the molecule is COc1cccc(OC)c1C(=O)N[C@@H]1C(=O)N(O)[C@H]1C. The Balaban J connectivity index is 2.23. The van der Waals surface area contributed by atoms with Crippen LogP contribution in [0.5, 0.6) is 11.5 Å². The Labute approximate surface area is 116 Å². The summed E-state index contributed by atoms with van der Waals surface area (Å²) < 4.78 is 10.3. The number of amides is 2. The maximum atomic E-state index is 12.3. The van der Waals surface area contributed by atoms with E-state index in [1.807, 2.05) is 0 Å². The van der Waals surface area contributed by atoms with Crippen molar-refractivity contribution < 1.29 is 24.3 Å². The Kier molecular flexibility index (Phi) is 3.80. The number of benzene rings is 1. The molecule has 7 heteroatoms. The van der Waals surface area contributed by atoms with Crippen molar-refractivity contribution in [2.24, 2.45) is 0 Å². The number of hydrogen-bond acceptors (Lipinski definition) is 5. The maximum absolute atomic E-state index is 12.3. The second-order valence-electron chi connectivity index (χ2n) is 4.41. The lowest BCUT2D eigenvalue weighted by atomic mass is 9.99. The number of nitrogens with one attached hydrogen (secondary N) is 1. The number of rotatable bonds is 4. The molecule has 1 heterocycles. The third-order valence-corrected chi connectivity index (χ3v) is 3.30. The smallest absolute Gasteiger partial charge is 0.271 e. The molecule has 0 saturated carbocycles. The lowest BCUT2D eigenvalue weighted by Gasteiger charge is -2.40. The van der Waals surface area contributed by atoms with E-state index in [0.29, 0.717) is 16.6 Å². The highest BCUT2D eigenvalue weighted by Gasteiger charge is 2.45. The van der Waals surface area contributed by atoms with E-state index in [-0.39, 0.29) is 5.56 Å². The maximum Gasteiger partial charge on any atom is 0.271 e. The molecule has 0 bridgehead atoms. The highest BCUT2D eigenvalue weighted by molar-refractivity contribution is 6.03. The van der Waals surface area contributed by atoms with E-state index in [2.05, 4.69) is 5.32 Å². The van der Waals surface area contributed by atoms with Gasteiger partial charge in [-0.25, -0.2) is 5.06 Å². The second kappa shape index (κ2) is 5.38. The molecule has 1 aliphatic heterocycles. The monoisotopic (exact) mass is 280 g/mol. The molecule has 1 aromatic carbocycles. The fourth-order valence-electron chi connectivity index (χ4n) is 2.08. The van der Waals surface area contributed by atoms with Crippen LogP contribution in [0.2, 0.25) is 0 Å². The van der Waals surface area contributed by atoms with Gasteiger partial charge in [0.1, 0.15) is 23.1 Å². The molecule has 2 amide bonds.